The first-order valence-corrected chi connectivity index (χ1v) is 9.03. The molecule has 1 aromatic heterocycles. The van der Waals surface area contributed by atoms with Gasteiger partial charge in [-0.3, -0.25) is 14.7 Å². The summed E-state index contributed by atoms with van der Waals surface area (Å²) in [5, 5.41) is 6.79. The number of carbonyl (C=O) groups is 2. The Hall–Kier alpha value is -2.94. The molecule has 150 valence electrons. The number of amides is 1. The molecule has 28 heavy (non-hydrogen) atoms. The minimum atomic E-state index is -0.399. The molecular weight excluding hydrogens is 369 g/mol. The van der Waals surface area contributed by atoms with E-state index >= 15 is 0 Å². The topological polar surface area (TPSA) is 93.8 Å². The molecule has 1 aromatic carbocycles. The van der Waals surface area contributed by atoms with Crippen LogP contribution in [0.4, 0.5) is 4.39 Å². The lowest BCUT2D eigenvalue weighted by atomic mass is 10.1. The highest BCUT2D eigenvalue weighted by Crippen LogP contribution is 2.17. The summed E-state index contributed by atoms with van der Waals surface area (Å²) in [6.07, 6.45) is 0.0690. The Morgan fingerprint density at radius 1 is 1.39 bits per heavy atom. The molecule has 1 aliphatic heterocycles. The van der Waals surface area contributed by atoms with E-state index in [4.69, 9.17) is 14.2 Å². The van der Waals surface area contributed by atoms with Crippen LogP contribution in [0.1, 0.15) is 29.5 Å². The fourth-order valence-corrected chi connectivity index (χ4v) is 2.91. The molecule has 0 unspecified atom stereocenters. The lowest BCUT2D eigenvalue weighted by Crippen LogP contribution is -2.49. The standard InChI is InChI=1S/C19H22FN3O5/c1-2-27-18(24)10-15-12-26-7-6-23(15)19(25)17-9-14(21-22-17)11-28-16-5-3-4-13(20)8-16/h3-5,8-9,15H,2,6-7,10-12H2,1H3,(H,21,22)/t15-/m0/s1. The fourth-order valence-electron chi connectivity index (χ4n) is 2.91. The molecule has 1 amide bonds. The first-order valence-electron chi connectivity index (χ1n) is 9.03. The van der Waals surface area contributed by atoms with Crippen LogP contribution in [0.2, 0.25) is 0 Å². The van der Waals surface area contributed by atoms with Crippen molar-refractivity contribution in [3.8, 4) is 5.75 Å². The monoisotopic (exact) mass is 391 g/mol. The number of aromatic nitrogens is 2. The molecule has 2 heterocycles. The van der Waals surface area contributed by atoms with E-state index in [9.17, 15) is 14.0 Å². The third-order valence-corrected chi connectivity index (χ3v) is 4.24. The number of H-pyrrole nitrogens is 1. The van der Waals surface area contributed by atoms with Gasteiger partial charge in [-0.2, -0.15) is 5.10 Å². The minimum Gasteiger partial charge on any atom is -0.487 e. The zero-order valence-corrected chi connectivity index (χ0v) is 15.5. The third kappa shape index (κ3) is 5.07. The van der Waals surface area contributed by atoms with Gasteiger partial charge in [-0.25, -0.2) is 4.39 Å². The van der Waals surface area contributed by atoms with Gasteiger partial charge >= 0.3 is 5.97 Å². The number of rotatable bonds is 7. The summed E-state index contributed by atoms with van der Waals surface area (Å²) in [6, 6.07) is 6.97. The van der Waals surface area contributed by atoms with E-state index in [1.165, 1.54) is 12.1 Å². The van der Waals surface area contributed by atoms with E-state index in [0.29, 0.717) is 24.6 Å². The van der Waals surface area contributed by atoms with Crippen molar-refractivity contribution in [2.24, 2.45) is 0 Å². The van der Waals surface area contributed by atoms with E-state index in [-0.39, 0.29) is 43.8 Å². The van der Waals surface area contributed by atoms with Crippen molar-refractivity contribution in [1.82, 2.24) is 15.1 Å². The summed E-state index contributed by atoms with van der Waals surface area (Å²) in [4.78, 5) is 26.2. The SMILES string of the molecule is CCOC(=O)C[C@H]1COCCN1C(=O)c1cc(COc2cccc(F)c2)[nH]n1. The molecule has 1 N–H and O–H groups in total. The second-order valence-electron chi connectivity index (χ2n) is 6.26. The van der Waals surface area contributed by atoms with E-state index < -0.39 is 11.9 Å². The lowest BCUT2D eigenvalue weighted by Gasteiger charge is -2.34. The first kappa shape index (κ1) is 19.8. The molecule has 9 heteroatoms. The summed E-state index contributed by atoms with van der Waals surface area (Å²) in [6.45, 7) is 3.16. The minimum absolute atomic E-state index is 0.0690. The molecule has 2 aromatic rings. The third-order valence-electron chi connectivity index (χ3n) is 4.24. The molecule has 1 fully saturated rings. The van der Waals surface area contributed by atoms with Gasteiger partial charge < -0.3 is 19.1 Å². The Labute approximate surface area is 161 Å². The van der Waals surface area contributed by atoms with Crippen molar-refractivity contribution >= 4 is 11.9 Å². The second-order valence-corrected chi connectivity index (χ2v) is 6.26. The number of hydrogen-bond donors (Lipinski definition) is 1. The molecule has 0 bridgehead atoms. The zero-order chi connectivity index (χ0) is 19.9. The molecule has 1 atom stereocenters. The fraction of sp³-hybridized carbons (Fsp3) is 0.421. The summed E-state index contributed by atoms with van der Waals surface area (Å²) < 4.78 is 29.1. The molecule has 1 saturated heterocycles. The Morgan fingerprint density at radius 2 is 2.25 bits per heavy atom. The molecule has 8 nitrogen and oxygen atoms in total. The van der Waals surface area contributed by atoms with Gasteiger partial charge in [-0.15, -0.1) is 0 Å². The average molecular weight is 391 g/mol. The molecule has 3 rings (SSSR count). The number of morpholine rings is 1. The quantitative estimate of drug-likeness (QED) is 0.725. The Kier molecular flexibility index (Phi) is 6.59. The van der Waals surface area contributed by atoms with Crippen molar-refractivity contribution in [3.63, 3.8) is 0 Å². The number of aromatic amines is 1. The van der Waals surface area contributed by atoms with Gasteiger partial charge in [0.2, 0.25) is 0 Å². The number of halogens is 1. The van der Waals surface area contributed by atoms with Crippen LogP contribution < -0.4 is 4.74 Å². The van der Waals surface area contributed by atoms with E-state index in [1.54, 1.807) is 30.0 Å². The van der Waals surface area contributed by atoms with Crippen LogP contribution in [-0.4, -0.2) is 59.4 Å². The van der Waals surface area contributed by atoms with Crippen LogP contribution in [-0.2, 0) is 20.9 Å². The number of ether oxygens (including phenoxy) is 3. The zero-order valence-electron chi connectivity index (χ0n) is 15.5. The lowest BCUT2D eigenvalue weighted by molar-refractivity contribution is -0.145. The van der Waals surface area contributed by atoms with Crippen molar-refractivity contribution in [3.05, 3.63) is 47.5 Å². The summed E-state index contributed by atoms with van der Waals surface area (Å²) in [7, 11) is 0. The summed E-state index contributed by atoms with van der Waals surface area (Å²) in [5.74, 6) is -0.684. The molecule has 0 saturated carbocycles. The molecule has 1 aliphatic rings. The number of carbonyl (C=O) groups excluding carboxylic acids is 2. The van der Waals surface area contributed by atoms with Gasteiger partial charge in [-0.05, 0) is 25.1 Å². The Balaban J connectivity index is 1.62. The van der Waals surface area contributed by atoms with E-state index in [2.05, 4.69) is 10.2 Å². The van der Waals surface area contributed by atoms with Crippen LogP contribution >= 0.6 is 0 Å². The molecule has 0 radical (unpaired) electrons. The molecule has 0 aliphatic carbocycles. The van der Waals surface area contributed by atoms with Crippen LogP contribution in [0.15, 0.2) is 30.3 Å². The summed E-state index contributed by atoms with van der Waals surface area (Å²) >= 11 is 0. The van der Waals surface area contributed by atoms with Gasteiger partial charge in [-0.1, -0.05) is 6.07 Å². The maximum atomic E-state index is 13.2. The maximum absolute atomic E-state index is 13.2. The number of hydrogen-bond acceptors (Lipinski definition) is 6. The van der Waals surface area contributed by atoms with Crippen LogP contribution in [0.25, 0.3) is 0 Å². The van der Waals surface area contributed by atoms with Crippen LogP contribution in [0.3, 0.4) is 0 Å². The normalized spacial score (nSPS) is 16.6. The average Bonchev–Trinajstić information content (AvgIpc) is 3.16. The summed E-state index contributed by atoms with van der Waals surface area (Å²) in [5.41, 5.74) is 0.788. The predicted octanol–water partition coefficient (Wildman–Crippen LogP) is 1.92. The highest BCUT2D eigenvalue weighted by Gasteiger charge is 2.31. The van der Waals surface area contributed by atoms with Crippen molar-refractivity contribution in [1.29, 1.82) is 0 Å². The van der Waals surface area contributed by atoms with Crippen LogP contribution in [0, 0.1) is 5.82 Å². The highest BCUT2D eigenvalue weighted by molar-refractivity contribution is 5.93. The number of esters is 1. The van der Waals surface area contributed by atoms with Crippen molar-refractivity contribution in [2.75, 3.05) is 26.4 Å². The Morgan fingerprint density at radius 3 is 3.04 bits per heavy atom. The van der Waals surface area contributed by atoms with Gasteiger partial charge in [0.1, 0.15) is 18.2 Å². The smallest absolute Gasteiger partial charge is 0.307 e. The largest absolute Gasteiger partial charge is 0.487 e. The Bertz CT molecular complexity index is 825. The van der Waals surface area contributed by atoms with E-state index in [0.717, 1.165) is 0 Å². The predicted molar refractivity (Wildman–Crippen MR) is 96.2 cm³/mol. The van der Waals surface area contributed by atoms with Gasteiger partial charge in [0.05, 0.1) is 38.0 Å². The number of nitrogens with one attached hydrogen (secondary N) is 1. The van der Waals surface area contributed by atoms with Crippen molar-refractivity contribution < 1.29 is 28.2 Å². The van der Waals surface area contributed by atoms with Crippen LogP contribution in [0.5, 0.6) is 5.75 Å². The van der Waals surface area contributed by atoms with Gasteiger partial charge in [0, 0.05) is 12.6 Å². The molecular formula is C19H22FN3O5. The van der Waals surface area contributed by atoms with Gasteiger partial charge in [0.15, 0.2) is 5.69 Å². The first-order chi connectivity index (χ1) is 13.6. The number of nitrogens with zero attached hydrogens (tertiary/aromatic N) is 2. The molecule has 0 spiro atoms. The van der Waals surface area contributed by atoms with Gasteiger partial charge in [0.25, 0.3) is 5.91 Å². The van der Waals surface area contributed by atoms with Crippen molar-refractivity contribution in [2.45, 2.75) is 26.0 Å². The highest BCUT2D eigenvalue weighted by atomic mass is 19.1. The maximum Gasteiger partial charge on any atom is 0.307 e. The van der Waals surface area contributed by atoms with E-state index in [1.807, 2.05) is 0 Å². The number of benzene rings is 1. The second kappa shape index (κ2) is 9.32.